The second-order valence-electron chi connectivity index (χ2n) is 5.67. The summed E-state index contributed by atoms with van der Waals surface area (Å²) in [6.07, 6.45) is 1.50. The Kier molecular flexibility index (Phi) is 5.27. The van der Waals surface area contributed by atoms with Gasteiger partial charge in [0.15, 0.2) is 0 Å². The molecule has 0 aliphatic rings. The second kappa shape index (κ2) is 7.61. The van der Waals surface area contributed by atoms with Gasteiger partial charge in [-0.05, 0) is 48.9 Å². The van der Waals surface area contributed by atoms with Gasteiger partial charge in [0.2, 0.25) is 0 Å². The zero-order valence-corrected chi connectivity index (χ0v) is 15.3. The molecule has 1 unspecified atom stereocenters. The molecule has 2 aromatic carbocycles. The van der Waals surface area contributed by atoms with E-state index in [0.29, 0.717) is 22.0 Å². The summed E-state index contributed by atoms with van der Waals surface area (Å²) in [6, 6.07) is 15.9. The van der Waals surface area contributed by atoms with Gasteiger partial charge < -0.3 is 5.32 Å². The van der Waals surface area contributed by atoms with E-state index in [4.69, 9.17) is 28.5 Å². The van der Waals surface area contributed by atoms with Gasteiger partial charge >= 0.3 is 0 Å². The number of nitrogens with one attached hydrogen (secondary N) is 1. The van der Waals surface area contributed by atoms with Crippen molar-refractivity contribution in [2.75, 3.05) is 5.32 Å². The van der Waals surface area contributed by atoms with Gasteiger partial charge in [-0.1, -0.05) is 35.3 Å². The number of aromatic nitrogens is 2. The van der Waals surface area contributed by atoms with E-state index in [1.165, 1.54) is 10.9 Å². The standard InChI is InChI=1S/C19H14Cl2N4O/c1-12(14-4-2-3-13(9-14)10-22)24-17-11-23-25(19(26)18(17)21)16-7-5-15(20)6-8-16/h2-9,11-12,24H,1H3. The number of halogens is 2. The molecule has 7 heteroatoms. The number of hydrogen-bond acceptors (Lipinski definition) is 4. The summed E-state index contributed by atoms with van der Waals surface area (Å²) in [5, 5.41) is 17.0. The summed E-state index contributed by atoms with van der Waals surface area (Å²) in [5.74, 6) is 0. The maximum absolute atomic E-state index is 12.5. The summed E-state index contributed by atoms with van der Waals surface area (Å²) in [7, 11) is 0. The van der Waals surface area contributed by atoms with Crippen LogP contribution < -0.4 is 10.9 Å². The Labute approximate surface area is 160 Å². The third-order valence-electron chi connectivity index (χ3n) is 3.88. The first kappa shape index (κ1) is 18.0. The van der Waals surface area contributed by atoms with Crippen LogP contribution in [0.4, 0.5) is 5.69 Å². The van der Waals surface area contributed by atoms with E-state index in [1.807, 2.05) is 19.1 Å². The molecule has 0 spiro atoms. The molecule has 0 radical (unpaired) electrons. The molecule has 3 rings (SSSR count). The Morgan fingerprint density at radius 2 is 1.92 bits per heavy atom. The van der Waals surface area contributed by atoms with Crippen LogP contribution in [0.15, 0.2) is 59.5 Å². The van der Waals surface area contributed by atoms with Crippen LogP contribution in [0.2, 0.25) is 10.0 Å². The topological polar surface area (TPSA) is 70.7 Å². The van der Waals surface area contributed by atoms with E-state index in [2.05, 4.69) is 16.5 Å². The van der Waals surface area contributed by atoms with Crippen LogP contribution in [0.25, 0.3) is 5.69 Å². The van der Waals surface area contributed by atoms with Crippen LogP contribution >= 0.6 is 23.2 Å². The normalized spacial score (nSPS) is 11.6. The van der Waals surface area contributed by atoms with Crippen LogP contribution in [0.1, 0.15) is 24.1 Å². The molecule has 0 amide bonds. The highest BCUT2D eigenvalue weighted by Crippen LogP contribution is 2.24. The molecule has 0 saturated heterocycles. The fourth-order valence-electron chi connectivity index (χ4n) is 2.49. The summed E-state index contributed by atoms with van der Waals surface area (Å²) < 4.78 is 1.21. The van der Waals surface area contributed by atoms with Crippen LogP contribution in [-0.2, 0) is 0 Å². The summed E-state index contributed by atoms with van der Waals surface area (Å²) in [5.41, 5.74) is 2.04. The second-order valence-corrected chi connectivity index (χ2v) is 6.48. The van der Waals surface area contributed by atoms with E-state index < -0.39 is 5.56 Å². The fourth-order valence-corrected chi connectivity index (χ4v) is 2.80. The minimum atomic E-state index is -0.433. The first-order chi connectivity index (χ1) is 12.5. The average Bonchev–Trinajstić information content (AvgIpc) is 2.66. The van der Waals surface area contributed by atoms with E-state index in [1.54, 1.807) is 36.4 Å². The van der Waals surface area contributed by atoms with Crippen molar-refractivity contribution in [1.82, 2.24) is 9.78 Å². The number of hydrogen-bond donors (Lipinski definition) is 1. The van der Waals surface area contributed by atoms with Crippen molar-refractivity contribution < 1.29 is 0 Å². The predicted octanol–water partition coefficient (Wildman–Crippen LogP) is 4.58. The molecule has 1 N–H and O–H groups in total. The average molecular weight is 385 g/mol. The summed E-state index contributed by atoms with van der Waals surface area (Å²) >= 11 is 12.1. The molecular weight excluding hydrogens is 371 g/mol. The van der Waals surface area contributed by atoms with Crippen molar-refractivity contribution in [3.63, 3.8) is 0 Å². The van der Waals surface area contributed by atoms with Crippen molar-refractivity contribution >= 4 is 28.9 Å². The Morgan fingerprint density at radius 1 is 1.19 bits per heavy atom. The minimum Gasteiger partial charge on any atom is -0.376 e. The van der Waals surface area contributed by atoms with E-state index >= 15 is 0 Å². The lowest BCUT2D eigenvalue weighted by molar-refractivity contribution is 0.799. The first-order valence-electron chi connectivity index (χ1n) is 7.80. The third-order valence-corrected chi connectivity index (χ3v) is 4.50. The van der Waals surface area contributed by atoms with Crippen molar-refractivity contribution in [2.24, 2.45) is 0 Å². The minimum absolute atomic E-state index is 0.0400. The Hall–Kier alpha value is -2.81. The van der Waals surface area contributed by atoms with Gasteiger partial charge in [-0.3, -0.25) is 4.79 Å². The van der Waals surface area contributed by atoms with Gasteiger partial charge in [-0.25, -0.2) is 0 Å². The molecule has 130 valence electrons. The maximum Gasteiger partial charge on any atom is 0.292 e. The number of benzene rings is 2. The number of nitrogens with zero attached hydrogens (tertiary/aromatic N) is 3. The zero-order valence-electron chi connectivity index (χ0n) is 13.8. The molecule has 5 nitrogen and oxygen atoms in total. The van der Waals surface area contributed by atoms with Crippen molar-refractivity contribution in [3.05, 3.63) is 86.3 Å². The third kappa shape index (κ3) is 3.72. The lowest BCUT2D eigenvalue weighted by Crippen LogP contribution is -2.23. The van der Waals surface area contributed by atoms with Gasteiger partial charge in [0.1, 0.15) is 5.02 Å². The molecule has 0 aliphatic heterocycles. The summed E-state index contributed by atoms with van der Waals surface area (Å²) in [6.45, 7) is 1.91. The molecule has 0 fully saturated rings. The molecule has 1 aromatic heterocycles. The highest BCUT2D eigenvalue weighted by molar-refractivity contribution is 6.33. The van der Waals surface area contributed by atoms with Gasteiger partial charge in [0.25, 0.3) is 5.56 Å². The largest absolute Gasteiger partial charge is 0.376 e. The lowest BCUT2D eigenvalue weighted by Gasteiger charge is -2.17. The molecule has 1 atom stereocenters. The van der Waals surface area contributed by atoms with Crippen molar-refractivity contribution in [1.29, 1.82) is 5.26 Å². The molecular formula is C19H14Cl2N4O. The number of rotatable bonds is 4. The summed E-state index contributed by atoms with van der Waals surface area (Å²) in [4.78, 5) is 12.5. The molecule has 0 saturated carbocycles. The smallest absolute Gasteiger partial charge is 0.292 e. The number of anilines is 1. The van der Waals surface area contributed by atoms with Gasteiger partial charge in [0.05, 0.1) is 29.2 Å². The van der Waals surface area contributed by atoms with Gasteiger partial charge in [-0.2, -0.15) is 15.0 Å². The van der Waals surface area contributed by atoms with Crippen LogP contribution in [0, 0.1) is 11.3 Å². The maximum atomic E-state index is 12.5. The van der Waals surface area contributed by atoms with E-state index in [-0.39, 0.29) is 11.1 Å². The van der Waals surface area contributed by atoms with Crippen LogP contribution in [0.5, 0.6) is 0 Å². The molecule has 3 aromatic rings. The molecule has 1 heterocycles. The predicted molar refractivity (Wildman–Crippen MR) is 103 cm³/mol. The fraction of sp³-hybridized carbons (Fsp3) is 0.105. The Morgan fingerprint density at radius 3 is 2.62 bits per heavy atom. The zero-order chi connectivity index (χ0) is 18.7. The van der Waals surface area contributed by atoms with Crippen LogP contribution in [0.3, 0.4) is 0 Å². The molecule has 26 heavy (non-hydrogen) atoms. The van der Waals surface area contributed by atoms with Gasteiger partial charge in [0, 0.05) is 11.1 Å². The van der Waals surface area contributed by atoms with Crippen molar-refractivity contribution in [3.8, 4) is 11.8 Å². The van der Waals surface area contributed by atoms with E-state index in [9.17, 15) is 4.79 Å². The quantitative estimate of drug-likeness (QED) is 0.714. The number of nitriles is 1. The monoisotopic (exact) mass is 384 g/mol. The van der Waals surface area contributed by atoms with E-state index in [0.717, 1.165) is 5.56 Å². The highest BCUT2D eigenvalue weighted by Gasteiger charge is 2.14. The lowest BCUT2D eigenvalue weighted by atomic mass is 10.1. The molecule has 0 bridgehead atoms. The first-order valence-corrected chi connectivity index (χ1v) is 8.55. The molecule has 0 aliphatic carbocycles. The Balaban J connectivity index is 1.90. The van der Waals surface area contributed by atoms with Gasteiger partial charge in [-0.15, -0.1) is 0 Å². The Bertz CT molecular complexity index is 1040. The van der Waals surface area contributed by atoms with Crippen molar-refractivity contribution in [2.45, 2.75) is 13.0 Å². The SMILES string of the molecule is CC(Nc1cnn(-c2ccc(Cl)cc2)c(=O)c1Cl)c1cccc(C#N)c1. The highest BCUT2D eigenvalue weighted by atomic mass is 35.5. The van der Waals surface area contributed by atoms with Crippen LogP contribution in [-0.4, -0.2) is 9.78 Å².